The van der Waals surface area contributed by atoms with Gasteiger partial charge in [-0.1, -0.05) is 19.9 Å². The van der Waals surface area contributed by atoms with E-state index in [0.717, 1.165) is 26.1 Å². The third kappa shape index (κ3) is 5.17. The normalized spacial score (nSPS) is 11.5. The molecule has 0 spiro atoms. The van der Waals surface area contributed by atoms with E-state index in [2.05, 4.69) is 34.3 Å². The van der Waals surface area contributed by atoms with Crippen LogP contribution in [0.5, 0.6) is 0 Å². The summed E-state index contributed by atoms with van der Waals surface area (Å²) in [5, 5.41) is 12.1. The number of fused-ring (bicyclic) bond motifs is 1. The summed E-state index contributed by atoms with van der Waals surface area (Å²) in [5.74, 6) is -0.233. The molecule has 3 aromatic heterocycles. The largest absolute Gasteiger partial charge is 0.354 e. The number of rotatable bonds is 10. The fraction of sp³-hybridized carbons (Fsp3) is 0.360. The van der Waals surface area contributed by atoms with Crippen molar-refractivity contribution in [2.75, 3.05) is 26.2 Å². The molecular formula is C25H30FN7O2. The quantitative estimate of drug-likeness (QED) is 0.353. The smallest absolute Gasteiger partial charge is 0.280 e. The molecule has 9 nitrogen and oxygen atoms in total. The van der Waals surface area contributed by atoms with E-state index in [4.69, 9.17) is 0 Å². The van der Waals surface area contributed by atoms with Gasteiger partial charge in [-0.25, -0.2) is 13.8 Å². The van der Waals surface area contributed by atoms with Crippen molar-refractivity contribution in [2.45, 2.75) is 33.7 Å². The Bertz CT molecular complexity index is 1370. The average molecular weight is 480 g/mol. The van der Waals surface area contributed by atoms with E-state index in [-0.39, 0.29) is 12.5 Å². The van der Waals surface area contributed by atoms with Gasteiger partial charge >= 0.3 is 0 Å². The Balaban J connectivity index is 1.68. The zero-order valence-corrected chi connectivity index (χ0v) is 20.2. The van der Waals surface area contributed by atoms with Gasteiger partial charge in [-0.2, -0.15) is 10.2 Å². The molecule has 0 fully saturated rings. The Morgan fingerprint density at radius 2 is 1.86 bits per heavy atom. The summed E-state index contributed by atoms with van der Waals surface area (Å²) in [7, 11) is 0. The lowest BCUT2D eigenvalue weighted by Crippen LogP contribution is -2.35. The molecule has 1 N–H and O–H groups in total. The fourth-order valence-electron chi connectivity index (χ4n) is 4.13. The number of nitrogens with zero attached hydrogens (tertiary/aromatic N) is 6. The van der Waals surface area contributed by atoms with Crippen molar-refractivity contribution >= 4 is 16.8 Å². The number of halogens is 1. The molecule has 4 rings (SSSR count). The highest BCUT2D eigenvalue weighted by Crippen LogP contribution is 2.24. The summed E-state index contributed by atoms with van der Waals surface area (Å²) in [5.41, 5.74) is 0.938. The van der Waals surface area contributed by atoms with Gasteiger partial charge in [0.25, 0.3) is 5.56 Å². The molecule has 0 aliphatic rings. The van der Waals surface area contributed by atoms with Crippen molar-refractivity contribution in [1.82, 2.24) is 34.3 Å². The maximum Gasteiger partial charge on any atom is 0.280 e. The molecule has 0 radical (unpaired) electrons. The zero-order chi connectivity index (χ0) is 24.9. The van der Waals surface area contributed by atoms with Crippen LogP contribution in [0.2, 0.25) is 0 Å². The molecule has 0 saturated heterocycles. The maximum absolute atomic E-state index is 14.0. The van der Waals surface area contributed by atoms with Crippen molar-refractivity contribution in [3.63, 3.8) is 0 Å². The van der Waals surface area contributed by atoms with Gasteiger partial charge < -0.3 is 14.8 Å². The second-order valence-corrected chi connectivity index (χ2v) is 8.31. The number of amides is 1. The summed E-state index contributed by atoms with van der Waals surface area (Å²) in [6, 6.07) is 9.66. The lowest BCUT2D eigenvalue weighted by molar-refractivity contribution is -0.121. The SMILES string of the molecule is CCN(CC)CCCNC(=O)Cn1nc(C)c2nn(-c3cccc(F)c3)c(-n3cccc3)c2c1=O. The minimum atomic E-state index is -0.435. The minimum Gasteiger partial charge on any atom is -0.354 e. The molecule has 0 aliphatic carbocycles. The predicted molar refractivity (Wildman–Crippen MR) is 133 cm³/mol. The van der Waals surface area contributed by atoms with Gasteiger partial charge in [0.05, 0.1) is 11.4 Å². The minimum absolute atomic E-state index is 0.197. The van der Waals surface area contributed by atoms with Crippen molar-refractivity contribution in [2.24, 2.45) is 0 Å². The van der Waals surface area contributed by atoms with Crippen LogP contribution in [0.25, 0.3) is 22.4 Å². The second-order valence-electron chi connectivity index (χ2n) is 8.31. The van der Waals surface area contributed by atoms with Crippen molar-refractivity contribution in [3.8, 4) is 11.5 Å². The summed E-state index contributed by atoms with van der Waals surface area (Å²) < 4.78 is 18.4. The summed E-state index contributed by atoms with van der Waals surface area (Å²) in [4.78, 5) is 28.4. The van der Waals surface area contributed by atoms with Gasteiger partial charge in [0, 0.05) is 18.9 Å². The van der Waals surface area contributed by atoms with Crippen LogP contribution in [-0.4, -0.2) is 61.1 Å². The first-order valence-corrected chi connectivity index (χ1v) is 11.8. The fourth-order valence-corrected chi connectivity index (χ4v) is 4.13. The molecule has 0 saturated carbocycles. The molecule has 4 aromatic rings. The Hall–Kier alpha value is -3.79. The molecule has 184 valence electrons. The predicted octanol–water partition coefficient (Wildman–Crippen LogP) is 2.67. The van der Waals surface area contributed by atoms with Gasteiger partial charge in [0.2, 0.25) is 5.91 Å². The Morgan fingerprint density at radius 1 is 1.11 bits per heavy atom. The first-order chi connectivity index (χ1) is 16.9. The highest BCUT2D eigenvalue weighted by Gasteiger charge is 2.22. The molecular weight excluding hydrogens is 449 g/mol. The van der Waals surface area contributed by atoms with Crippen LogP contribution < -0.4 is 10.9 Å². The number of carbonyl (C=O) groups excluding carboxylic acids is 1. The summed E-state index contributed by atoms with van der Waals surface area (Å²) in [6.45, 7) is 9.12. The number of hydrogen-bond donors (Lipinski definition) is 1. The molecule has 3 heterocycles. The summed E-state index contributed by atoms with van der Waals surface area (Å²) >= 11 is 0. The van der Waals surface area contributed by atoms with Gasteiger partial charge in [-0.05, 0) is 63.3 Å². The van der Waals surface area contributed by atoms with Gasteiger partial charge in [0.15, 0.2) is 5.82 Å². The van der Waals surface area contributed by atoms with E-state index in [1.165, 1.54) is 21.5 Å². The van der Waals surface area contributed by atoms with Crippen LogP contribution in [0.15, 0.2) is 53.6 Å². The molecule has 0 aliphatic heterocycles. The van der Waals surface area contributed by atoms with E-state index in [1.807, 2.05) is 12.1 Å². The Labute approximate surface area is 202 Å². The monoisotopic (exact) mass is 479 g/mol. The highest BCUT2D eigenvalue weighted by atomic mass is 19.1. The van der Waals surface area contributed by atoms with Crippen LogP contribution in [0.4, 0.5) is 4.39 Å². The zero-order valence-electron chi connectivity index (χ0n) is 20.2. The van der Waals surface area contributed by atoms with E-state index in [9.17, 15) is 14.0 Å². The van der Waals surface area contributed by atoms with Crippen LogP contribution in [0, 0.1) is 12.7 Å². The molecule has 1 aromatic carbocycles. The number of hydrogen-bond acceptors (Lipinski definition) is 5. The van der Waals surface area contributed by atoms with Crippen LogP contribution in [-0.2, 0) is 11.3 Å². The average Bonchev–Trinajstić information content (AvgIpc) is 3.51. The van der Waals surface area contributed by atoms with Gasteiger partial charge in [-0.3, -0.25) is 9.59 Å². The highest BCUT2D eigenvalue weighted by molar-refractivity contribution is 5.88. The Kier molecular flexibility index (Phi) is 7.40. The molecule has 35 heavy (non-hydrogen) atoms. The molecule has 0 atom stereocenters. The molecule has 10 heteroatoms. The Morgan fingerprint density at radius 3 is 2.54 bits per heavy atom. The standard InChI is InChI=1S/C25H30FN7O2/c1-4-30(5-2)13-9-12-27-21(34)17-32-25(35)22-23(18(3)28-32)29-33(20-11-8-10-19(26)16-20)24(22)31-14-6-7-15-31/h6-8,10-11,14-16H,4-5,9,12-13,17H2,1-3H3,(H,27,34). The molecule has 0 bridgehead atoms. The van der Waals surface area contributed by atoms with E-state index >= 15 is 0 Å². The van der Waals surface area contributed by atoms with E-state index in [1.54, 1.807) is 36.0 Å². The first-order valence-electron chi connectivity index (χ1n) is 11.8. The van der Waals surface area contributed by atoms with Crippen molar-refractivity contribution in [1.29, 1.82) is 0 Å². The topological polar surface area (TPSA) is 90.0 Å². The molecule has 0 unspecified atom stereocenters. The third-order valence-corrected chi connectivity index (χ3v) is 5.99. The second kappa shape index (κ2) is 10.6. The lowest BCUT2D eigenvalue weighted by atomic mass is 10.2. The maximum atomic E-state index is 14.0. The van der Waals surface area contributed by atoms with Crippen LogP contribution in [0.3, 0.4) is 0 Å². The van der Waals surface area contributed by atoms with Crippen molar-refractivity contribution in [3.05, 3.63) is 70.7 Å². The number of nitrogens with one attached hydrogen (secondary N) is 1. The molecule has 1 amide bonds. The van der Waals surface area contributed by atoms with E-state index < -0.39 is 11.4 Å². The van der Waals surface area contributed by atoms with Gasteiger partial charge in [0.1, 0.15) is 23.3 Å². The number of benzene rings is 1. The summed E-state index contributed by atoms with van der Waals surface area (Å²) in [6.07, 6.45) is 4.40. The third-order valence-electron chi connectivity index (χ3n) is 5.99. The van der Waals surface area contributed by atoms with Crippen molar-refractivity contribution < 1.29 is 9.18 Å². The van der Waals surface area contributed by atoms with E-state index in [0.29, 0.717) is 34.6 Å². The van der Waals surface area contributed by atoms with Crippen LogP contribution in [0.1, 0.15) is 26.0 Å². The van der Waals surface area contributed by atoms with Gasteiger partial charge in [-0.15, -0.1) is 0 Å². The number of aryl methyl sites for hydroxylation is 1. The number of carbonyl (C=O) groups is 1. The number of aromatic nitrogens is 5. The van der Waals surface area contributed by atoms with Crippen LogP contribution >= 0.6 is 0 Å². The first kappa shape index (κ1) is 24.3. The lowest BCUT2D eigenvalue weighted by Gasteiger charge is -2.17.